The molecule has 0 atom stereocenters. The van der Waals surface area contributed by atoms with Crippen molar-refractivity contribution in [1.29, 1.82) is 0 Å². The van der Waals surface area contributed by atoms with E-state index in [9.17, 15) is 4.79 Å². The van der Waals surface area contributed by atoms with Gasteiger partial charge < -0.3 is 9.64 Å². The molecule has 0 aliphatic rings. The minimum Gasteiger partial charge on any atom is -0.494 e. The lowest BCUT2D eigenvalue weighted by Crippen LogP contribution is -2.30. The summed E-state index contributed by atoms with van der Waals surface area (Å²) in [5.74, 6) is 1.45. The lowest BCUT2D eigenvalue weighted by Gasteiger charge is -2.18. The number of nitrogens with zero attached hydrogens (tertiary/aromatic N) is 3. The summed E-state index contributed by atoms with van der Waals surface area (Å²) < 4.78 is 7.62. The highest BCUT2D eigenvalue weighted by Crippen LogP contribution is 2.19. The van der Waals surface area contributed by atoms with Gasteiger partial charge in [-0.1, -0.05) is 35.9 Å². The largest absolute Gasteiger partial charge is 0.494 e. The van der Waals surface area contributed by atoms with Crippen LogP contribution in [0.4, 0.5) is 0 Å². The fraction of sp³-hybridized carbons (Fsp3) is 0.286. The van der Waals surface area contributed by atoms with Gasteiger partial charge in [-0.25, -0.2) is 0 Å². The molecule has 0 fully saturated rings. The number of rotatable bonds is 7. The molecule has 0 bridgehead atoms. The average molecular weight is 397 g/mol. The van der Waals surface area contributed by atoms with Crippen LogP contribution in [0.1, 0.15) is 18.1 Å². The molecule has 7 heteroatoms. The smallest absolute Gasteiger partial charge is 0.242 e. The molecule has 3 rings (SSSR count). The molecule has 1 N–H and O–H groups in total. The minimum atomic E-state index is -0.0414. The van der Waals surface area contributed by atoms with Gasteiger partial charge in [-0.3, -0.25) is 14.5 Å². The molecule has 0 aliphatic carbocycles. The summed E-state index contributed by atoms with van der Waals surface area (Å²) in [6, 6.07) is 15.7. The second-order valence-corrected chi connectivity index (χ2v) is 7.02. The predicted octanol–water partition coefficient (Wildman–Crippen LogP) is 3.97. The Morgan fingerprint density at radius 3 is 2.68 bits per heavy atom. The highest BCUT2D eigenvalue weighted by molar-refractivity contribution is 7.71. The topological polar surface area (TPSA) is 63.1 Å². The number of benzene rings is 2. The molecule has 0 radical (unpaired) electrons. The van der Waals surface area contributed by atoms with Crippen LogP contribution in [0, 0.1) is 11.7 Å². The number of aromatic nitrogens is 3. The molecule has 1 amide bonds. The Morgan fingerprint density at radius 1 is 1.25 bits per heavy atom. The van der Waals surface area contributed by atoms with Crippen molar-refractivity contribution < 1.29 is 9.53 Å². The zero-order valence-electron chi connectivity index (χ0n) is 16.3. The van der Waals surface area contributed by atoms with Crippen LogP contribution in [0.5, 0.6) is 5.75 Å². The predicted molar refractivity (Wildman–Crippen MR) is 112 cm³/mol. The number of hydrogen-bond donors (Lipinski definition) is 1. The van der Waals surface area contributed by atoms with Crippen molar-refractivity contribution in [3.8, 4) is 17.1 Å². The fourth-order valence-corrected chi connectivity index (χ4v) is 3.14. The number of hydrogen-bond acceptors (Lipinski definition) is 4. The van der Waals surface area contributed by atoms with Crippen LogP contribution in [0.2, 0.25) is 0 Å². The quantitative estimate of drug-likeness (QED) is 0.614. The van der Waals surface area contributed by atoms with Crippen LogP contribution in [0.3, 0.4) is 0 Å². The van der Waals surface area contributed by atoms with E-state index in [4.69, 9.17) is 17.0 Å². The standard InChI is InChI=1S/C21H24N4O2S/c1-4-27-18-10-8-16(9-11-18)13-24(3)19(26)14-25-20(22-23-21(25)28)17-7-5-6-15(2)12-17/h5-12H,4,13-14H2,1-3H3,(H,23,28). The van der Waals surface area contributed by atoms with Crippen molar-refractivity contribution >= 4 is 18.1 Å². The van der Waals surface area contributed by atoms with E-state index < -0.39 is 0 Å². The third-order valence-electron chi connectivity index (χ3n) is 4.41. The van der Waals surface area contributed by atoms with E-state index in [0.717, 1.165) is 22.4 Å². The van der Waals surface area contributed by atoms with Crippen molar-refractivity contribution in [1.82, 2.24) is 19.7 Å². The van der Waals surface area contributed by atoms with Gasteiger partial charge in [0.05, 0.1) is 6.61 Å². The van der Waals surface area contributed by atoms with E-state index in [2.05, 4.69) is 10.2 Å². The van der Waals surface area contributed by atoms with Gasteiger partial charge in [0, 0.05) is 19.2 Å². The number of carbonyl (C=O) groups excluding carboxylic acids is 1. The number of nitrogens with one attached hydrogen (secondary N) is 1. The first kappa shape index (κ1) is 19.8. The number of carbonyl (C=O) groups is 1. The molecular formula is C21H24N4O2S. The molecule has 28 heavy (non-hydrogen) atoms. The second kappa shape index (κ2) is 8.84. The molecular weight excluding hydrogens is 372 g/mol. The zero-order valence-corrected chi connectivity index (χ0v) is 17.1. The SMILES string of the molecule is CCOc1ccc(CN(C)C(=O)Cn2c(-c3cccc(C)c3)n[nH]c2=S)cc1. The van der Waals surface area contributed by atoms with E-state index in [1.54, 1.807) is 16.5 Å². The first-order chi connectivity index (χ1) is 13.5. The Balaban J connectivity index is 1.72. The summed E-state index contributed by atoms with van der Waals surface area (Å²) in [5.41, 5.74) is 3.08. The maximum Gasteiger partial charge on any atom is 0.242 e. The highest BCUT2D eigenvalue weighted by atomic mass is 32.1. The van der Waals surface area contributed by atoms with E-state index in [0.29, 0.717) is 23.7 Å². The zero-order chi connectivity index (χ0) is 20.1. The van der Waals surface area contributed by atoms with Crippen molar-refractivity contribution in [2.24, 2.45) is 0 Å². The Bertz CT molecular complexity index is 1010. The summed E-state index contributed by atoms with van der Waals surface area (Å²) in [6.07, 6.45) is 0. The number of aromatic amines is 1. The van der Waals surface area contributed by atoms with Crippen molar-refractivity contribution in [3.63, 3.8) is 0 Å². The Kier molecular flexibility index (Phi) is 6.26. The Labute approximate surface area is 169 Å². The molecule has 1 aromatic heterocycles. The molecule has 146 valence electrons. The van der Waals surface area contributed by atoms with Gasteiger partial charge in [0.2, 0.25) is 5.91 Å². The monoisotopic (exact) mass is 396 g/mol. The maximum absolute atomic E-state index is 12.8. The van der Waals surface area contributed by atoms with Gasteiger partial charge in [-0.05, 0) is 49.8 Å². The van der Waals surface area contributed by atoms with Gasteiger partial charge in [0.1, 0.15) is 12.3 Å². The Morgan fingerprint density at radius 2 is 2.00 bits per heavy atom. The first-order valence-electron chi connectivity index (χ1n) is 9.16. The normalized spacial score (nSPS) is 10.7. The molecule has 1 heterocycles. The number of ether oxygens (including phenoxy) is 1. The number of amides is 1. The van der Waals surface area contributed by atoms with Crippen LogP contribution >= 0.6 is 12.2 Å². The fourth-order valence-electron chi connectivity index (χ4n) is 2.94. The van der Waals surface area contributed by atoms with Gasteiger partial charge in [0.15, 0.2) is 10.6 Å². The molecule has 6 nitrogen and oxygen atoms in total. The highest BCUT2D eigenvalue weighted by Gasteiger charge is 2.15. The van der Waals surface area contributed by atoms with Crippen molar-refractivity contribution in [3.05, 3.63) is 64.4 Å². The summed E-state index contributed by atoms with van der Waals surface area (Å²) in [6.45, 7) is 5.24. The minimum absolute atomic E-state index is 0.0414. The third-order valence-corrected chi connectivity index (χ3v) is 4.72. The van der Waals surface area contributed by atoms with Gasteiger partial charge in [0.25, 0.3) is 0 Å². The maximum atomic E-state index is 12.8. The molecule has 0 saturated heterocycles. The summed E-state index contributed by atoms with van der Waals surface area (Å²) in [7, 11) is 1.79. The number of H-pyrrole nitrogens is 1. The van der Waals surface area contributed by atoms with E-state index in [-0.39, 0.29) is 12.5 Å². The van der Waals surface area contributed by atoms with Gasteiger partial charge in [-0.2, -0.15) is 5.10 Å². The van der Waals surface area contributed by atoms with E-state index in [1.807, 2.05) is 62.4 Å². The lowest BCUT2D eigenvalue weighted by atomic mass is 10.1. The van der Waals surface area contributed by atoms with Crippen LogP contribution < -0.4 is 4.74 Å². The second-order valence-electron chi connectivity index (χ2n) is 6.63. The molecule has 3 aromatic rings. The van der Waals surface area contributed by atoms with Gasteiger partial charge in [-0.15, -0.1) is 0 Å². The summed E-state index contributed by atoms with van der Waals surface area (Å²) in [4.78, 5) is 14.5. The summed E-state index contributed by atoms with van der Waals surface area (Å²) in [5, 5.41) is 7.11. The summed E-state index contributed by atoms with van der Waals surface area (Å²) >= 11 is 5.34. The average Bonchev–Trinajstić information content (AvgIpc) is 3.04. The number of likely N-dealkylation sites (N-methyl/N-ethyl adjacent to an activating group) is 1. The van der Waals surface area contributed by atoms with Gasteiger partial charge >= 0.3 is 0 Å². The van der Waals surface area contributed by atoms with Crippen LogP contribution in [0.15, 0.2) is 48.5 Å². The van der Waals surface area contributed by atoms with Crippen LogP contribution in [-0.2, 0) is 17.9 Å². The van der Waals surface area contributed by atoms with Crippen molar-refractivity contribution in [2.45, 2.75) is 26.9 Å². The lowest BCUT2D eigenvalue weighted by molar-refractivity contribution is -0.131. The molecule has 0 aliphatic heterocycles. The van der Waals surface area contributed by atoms with E-state index in [1.165, 1.54) is 0 Å². The van der Waals surface area contributed by atoms with Crippen LogP contribution in [0.25, 0.3) is 11.4 Å². The molecule has 0 spiro atoms. The Hall–Kier alpha value is -2.93. The molecule has 2 aromatic carbocycles. The number of aryl methyl sites for hydroxylation is 1. The van der Waals surface area contributed by atoms with Crippen LogP contribution in [-0.4, -0.2) is 39.2 Å². The molecule has 0 saturated carbocycles. The van der Waals surface area contributed by atoms with E-state index >= 15 is 0 Å². The third kappa shape index (κ3) is 4.67. The van der Waals surface area contributed by atoms with Crippen molar-refractivity contribution in [2.75, 3.05) is 13.7 Å². The molecule has 0 unspecified atom stereocenters. The first-order valence-corrected chi connectivity index (χ1v) is 9.56.